The van der Waals surface area contributed by atoms with Crippen molar-refractivity contribution in [2.45, 2.75) is 44.7 Å². The van der Waals surface area contributed by atoms with Gasteiger partial charge in [0.2, 0.25) is 0 Å². The van der Waals surface area contributed by atoms with E-state index in [-0.39, 0.29) is 11.9 Å². The Bertz CT molecular complexity index is 1140. The molecule has 3 aromatic rings. The molecule has 1 aliphatic heterocycles. The number of hydrogen-bond acceptors (Lipinski definition) is 7. The van der Waals surface area contributed by atoms with Gasteiger partial charge in [-0.25, -0.2) is 9.97 Å². The summed E-state index contributed by atoms with van der Waals surface area (Å²) in [5.41, 5.74) is 12.1. The van der Waals surface area contributed by atoms with Gasteiger partial charge in [-0.3, -0.25) is 4.79 Å². The highest BCUT2D eigenvalue weighted by Gasteiger charge is 2.26. The zero-order valence-electron chi connectivity index (χ0n) is 17.9. The van der Waals surface area contributed by atoms with E-state index in [1.807, 2.05) is 14.0 Å². The van der Waals surface area contributed by atoms with Crippen molar-refractivity contribution in [2.24, 2.45) is 0 Å². The summed E-state index contributed by atoms with van der Waals surface area (Å²) in [5.74, 6) is -0.125. The zero-order chi connectivity index (χ0) is 21.5. The van der Waals surface area contributed by atoms with Gasteiger partial charge in [-0.05, 0) is 62.9 Å². The molecule has 1 aliphatic carbocycles. The monoisotopic (exact) mass is 436 g/mol. The summed E-state index contributed by atoms with van der Waals surface area (Å²) in [5, 5.41) is 6.57. The molecule has 1 amide bonds. The zero-order valence-corrected chi connectivity index (χ0v) is 18.8. The van der Waals surface area contributed by atoms with Crippen molar-refractivity contribution in [1.82, 2.24) is 20.6 Å². The second-order valence-electron chi connectivity index (χ2n) is 8.60. The maximum absolute atomic E-state index is 12.9. The standard InChI is InChI=1S/C23H28N6OS/c1-13-11-26-20-19(24)21(31-23(20)27-13)22(30)28-16-5-3-15-10-18(6-4-14(15)9-16)29-8-7-17(12-29)25-2/h4,6,10-11,16-17,25H,3,5,7-9,12,24H2,1-2H3,(H,28,30)/t16-,17?/m1/s1. The summed E-state index contributed by atoms with van der Waals surface area (Å²) in [6.07, 6.45) is 5.62. The third-order valence-electron chi connectivity index (χ3n) is 6.48. The van der Waals surface area contributed by atoms with Gasteiger partial charge >= 0.3 is 0 Å². The molecule has 2 atom stereocenters. The summed E-state index contributed by atoms with van der Waals surface area (Å²) < 4.78 is 0. The van der Waals surface area contributed by atoms with Gasteiger partial charge in [0.05, 0.1) is 11.4 Å². The molecule has 162 valence electrons. The quantitative estimate of drug-likeness (QED) is 0.582. The number of anilines is 2. The molecule has 2 aromatic heterocycles. The van der Waals surface area contributed by atoms with Gasteiger partial charge in [0, 0.05) is 37.1 Å². The number of nitrogens with zero attached hydrogens (tertiary/aromatic N) is 3. The first kappa shape index (κ1) is 20.2. The number of likely N-dealkylation sites (N-methyl/N-ethyl adjacent to an activating group) is 1. The number of nitrogens with two attached hydrogens (primary N) is 1. The minimum atomic E-state index is -0.125. The number of fused-ring (bicyclic) bond motifs is 2. The number of aryl methyl sites for hydroxylation is 2. The van der Waals surface area contributed by atoms with Crippen LogP contribution in [-0.2, 0) is 12.8 Å². The van der Waals surface area contributed by atoms with Crippen LogP contribution < -0.4 is 21.3 Å². The largest absolute Gasteiger partial charge is 0.396 e. The Morgan fingerprint density at radius 1 is 1.26 bits per heavy atom. The molecular weight excluding hydrogens is 408 g/mol. The van der Waals surface area contributed by atoms with Crippen molar-refractivity contribution in [2.75, 3.05) is 30.8 Å². The molecule has 0 spiro atoms. The molecule has 2 aliphatic rings. The molecule has 0 radical (unpaired) electrons. The number of nitrogen functional groups attached to an aromatic ring is 1. The van der Waals surface area contributed by atoms with E-state index in [9.17, 15) is 4.79 Å². The lowest BCUT2D eigenvalue weighted by Gasteiger charge is -2.27. The lowest BCUT2D eigenvalue weighted by molar-refractivity contribution is 0.0938. The van der Waals surface area contributed by atoms with Crippen molar-refractivity contribution < 1.29 is 4.79 Å². The van der Waals surface area contributed by atoms with Crippen LogP contribution in [0.25, 0.3) is 10.3 Å². The van der Waals surface area contributed by atoms with E-state index in [2.05, 4.69) is 43.7 Å². The first-order valence-electron chi connectivity index (χ1n) is 10.9. The highest BCUT2D eigenvalue weighted by atomic mass is 32.1. The van der Waals surface area contributed by atoms with Crippen molar-refractivity contribution in [3.8, 4) is 0 Å². The van der Waals surface area contributed by atoms with Crippen molar-refractivity contribution in [3.63, 3.8) is 0 Å². The number of carbonyl (C=O) groups is 1. The predicted octanol–water partition coefficient (Wildman–Crippen LogP) is 2.67. The third kappa shape index (κ3) is 3.85. The van der Waals surface area contributed by atoms with E-state index in [0.29, 0.717) is 27.0 Å². The smallest absolute Gasteiger partial charge is 0.263 e. The van der Waals surface area contributed by atoms with Gasteiger partial charge in [0.25, 0.3) is 5.91 Å². The summed E-state index contributed by atoms with van der Waals surface area (Å²) >= 11 is 1.32. The maximum Gasteiger partial charge on any atom is 0.263 e. The SMILES string of the molecule is CNC1CCN(c2ccc3c(c2)CC[C@@H](NC(=O)c2sc4nc(C)cnc4c2N)C3)C1. The molecule has 8 heteroatoms. The van der Waals surface area contributed by atoms with Crippen LogP contribution >= 0.6 is 11.3 Å². The van der Waals surface area contributed by atoms with Crippen LogP contribution in [0.3, 0.4) is 0 Å². The Balaban J connectivity index is 1.28. The molecule has 1 saturated heterocycles. The minimum absolute atomic E-state index is 0.110. The highest BCUT2D eigenvalue weighted by molar-refractivity contribution is 7.21. The van der Waals surface area contributed by atoms with Crippen molar-refractivity contribution in [1.29, 1.82) is 0 Å². The predicted molar refractivity (Wildman–Crippen MR) is 126 cm³/mol. The van der Waals surface area contributed by atoms with Gasteiger partial charge in [0.15, 0.2) is 0 Å². The van der Waals surface area contributed by atoms with Gasteiger partial charge in [-0.2, -0.15) is 0 Å². The molecule has 7 nitrogen and oxygen atoms in total. The molecule has 3 heterocycles. The second kappa shape index (κ2) is 8.09. The number of rotatable bonds is 4. The van der Waals surface area contributed by atoms with Gasteiger partial charge in [-0.15, -0.1) is 11.3 Å². The fourth-order valence-electron chi connectivity index (χ4n) is 4.68. The van der Waals surface area contributed by atoms with E-state index in [1.54, 1.807) is 6.20 Å². The molecule has 0 bridgehead atoms. The number of hydrogen-bond donors (Lipinski definition) is 3. The maximum atomic E-state index is 12.9. The van der Waals surface area contributed by atoms with E-state index >= 15 is 0 Å². The Labute approximate surface area is 186 Å². The first-order chi connectivity index (χ1) is 15.0. The highest BCUT2D eigenvalue weighted by Crippen LogP contribution is 2.32. The Morgan fingerprint density at radius 2 is 2.13 bits per heavy atom. The van der Waals surface area contributed by atoms with Crippen LogP contribution in [0.2, 0.25) is 0 Å². The number of aromatic nitrogens is 2. The Morgan fingerprint density at radius 3 is 2.94 bits per heavy atom. The van der Waals surface area contributed by atoms with Crippen molar-refractivity contribution >= 4 is 39.0 Å². The fourth-order valence-corrected chi connectivity index (χ4v) is 5.68. The molecule has 5 rings (SSSR count). The normalized spacial score (nSPS) is 20.8. The lowest BCUT2D eigenvalue weighted by Crippen LogP contribution is -2.38. The molecule has 4 N–H and O–H groups in total. The van der Waals surface area contributed by atoms with Crippen LogP contribution in [0.5, 0.6) is 0 Å². The summed E-state index contributed by atoms with van der Waals surface area (Å²) in [4.78, 5) is 25.4. The van der Waals surface area contributed by atoms with E-state index < -0.39 is 0 Å². The Kier molecular flexibility index (Phi) is 5.27. The van der Waals surface area contributed by atoms with E-state index in [4.69, 9.17) is 5.73 Å². The average molecular weight is 437 g/mol. The molecule has 1 fully saturated rings. The molecule has 1 unspecified atom stereocenters. The third-order valence-corrected chi connectivity index (χ3v) is 7.57. The molecular formula is C23H28N6OS. The van der Waals surface area contributed by atoms with Crippen LogP contribution in [0.15, 0.2) is 24.4 Å². The molecule has 31 heavy (non-hydrogen) atoms. The number of amides is 1. The fraction of sp³-hybridized carbons (Fsp3) is 0.435. The van der Waals surface area contributed by atoms with Crippen LogP contribution in [0.1, 0.15) is 39.3 Å². The summed E-state index contributed by atoms with van der Waals surface area (Å²) in [6, 6.07) is 7.49. The minimum Gasteiger partial charge on any atom is -0.396 e. The first-order valence-corrected chi connectivity index (χ1v) is 11.7. The van der Waals surface area contributed by atoms with E-state index in [0.717, 1.165) is 38.0 Å². The van der Waals surface area contributed by atoms with Gasteiger partial charge in [0.1, 0.15) is 15.2 Å². The summed E-state index contributed by atoms with van der Waals surface area (Å²) in [6.45, 7) is 4.05. The number of thiophene rings is 1. The molecule has 1 aromatic carbocycles. The van der Waals surface area contributed by atoms with Crippen LogP contribution in [-0.4, -0.2) is 48.1 Å². The summed E-state index contributed by atoms with van der Waals surface area (Å²) in [7, 11) is 2.04. The van der Waals surface area contributed by atoms with E-state index in [1.165, 1.54) is 34.6 Å². The lowest BCUT2D eigenvalue weighted by atomic mass is 9.87. The van der Waals surface area contributed by atoms with Gasteiger partial charge in [-0.1, -0.05) is 6.07 Å². The average Bonchev–Trinajstić information content (AvgIpc) is 3.38. The Hall–Kier alpha value is -2.71. The second-order valence-corrected chi connectivity index (χ2v) is 9.60. The number of nitrogens with one attached hydrogen (secondary N) is 2. The topological polar surface area (TPSA) is 96.2 Å². The van der Waals surface area contributed by atoms with Crippen LogP contribution in [0, 0.1) is 6.92 Å². The van der Waals surface area contributed by atoms with Crippen molar-refractivity contribution in [3.05, 3.63) is 46.1 Å². The number of benzene rings is 1. The molecule has 0 saturated carbocycles. The van der Waals surface area contributed by atoms with Gasteiger partial charge < -0.3 is 21.3 Å². The number of carbonyl (C=O) groups excluding carboxylic acids is 1. The van der Waals surface area contributed by atoms with Crippen LogP contribution in [0.4, 0.5) is 11.4 Å².